The summed E-state index contributed by atoms with van der Waals surface area (Å²) in [6.07, 6.45) is 0. The average Bonchev–Trinajstić information content (AvgIpc) is 2.45. The fourth-order valence-electron chi connectivity index (χ4n) is 2.22. The molecular weight excluding hydrogens is 315 g/mol. The van der Waals surface area contributed by atoms with E-state index in [1.165, 1.54) is 12.1 Å². The smallest absolute Gasteiger partial charge is 0.149 e. The highest BCUT2D eigenvalue weighted by atomic mass is 35.5. The molecule has 2 aromatic carbocycles. The Morgan fingerprint density at radius 2 is 1.76 bits per heavy atom. The summed E-state index contributed by atoms with van der Waals surface area (Å²) in [5.41, 5.74) is 1.22. The van der Waals surface area contributed by atoms with Gasteiger partial charge in [0.15, 0.2) is 0 Å². The van der Waals surface area contributed by atoms with Gasteiger partial charge in [-0.05, 0) is 42.3 Å². The van der Waals surface area contributed by atoms with Crippen LogP contribution in [0.5, 0.6) is 0 Å². The summed E-state index contributed by atoms with van der Waals surface area (Å²) in [5, 5.41) is 0.589. The Kier molecular flexibility index (Phi) is 5.07. The highest BCUT2D eigenvalue weighted by Crippen LogP contribution is 2.31. The van der Waals surface area contributed by atoms with Crippen LogP contribution in [0.3, 0.4) is 0 Å². The van der Waals surface area contributed by atoms with Crippen LogP contribution in [0.4, 0.5) is 14.5 Å². The van der Waals surface area contributed by atoms with Crippen molar-refractivity contribution in [1.29, 1.82) is 0 Å². The van der Waals surface area contributed by atoms with Crippen LogP contribution in [-0.4, -0.2) is 7.05 Å². The van der Waals surface area contributed by atoms with Crippen molar-refractivity contribution in [3.8, 4) is 0 Å². The molecule has 0 amide bonds. The van der Waals surface area contributed by atoms with Gasteiger partial charge in [0.1, 0.15) is 17.3 Å². The number of hydrogen-bond donors (Lipinski definition) is 0. The second-order valence-electron chi connectivity index (χ2n) is 4.88. The highest BCUT2D eigenvalue weighted by Gasteiger charge is 2.20. The van der Waals surface area contributed by atoms with Crippen LogP contribution in [-0.2, 0) is 5.88 Å². The van der Waals surface area contributed by atoms with Crippen molar-refractivity contribution in [1.82, 2.24) is 0 Å². The molecule has 0 fully saturated rings. The predicted molar refractivity (Wildman–Crippen MR) is 84.2 cm³/mol. The van der Waals surface area contributed by atoms with Crippen LogP contribution < -0.4 is 4.90 Å². The van der Waals surface area contributed by atoms with Gasteiger partial charge in [0, 0.05) is 18.0 Å². The first kappa shape index (κ1) is 16.1. The maximum atomic E-state index is 14.1. The van der Waals surface area contributed by atoms with Gasteiger partial charge in [0.25, 0.3) is 0 Å². The molecule has 21 heavy (non-hydrogen) atoms. The van der Waals surface area contributed by atoms with Crippen LogP contribution in [0.2, 0.25) is 5.02 Å². The van der Waals surface area contributed by atoms with Crippen molar-refractivity contribution in [2.75, 3.05) is 11.9 Å². The lowest BCUT2D eigenvalue weighted by Gasteiger charge is -2.28. The molecule has 0 N–H and O–H groups in total. The molecule has 0 saturated carbocycles. The molecule has 0 bridgehead atoms. The number of anilines is 1. The standard InChI is InChI=1S/C16H15Cl2F2N/c1-10(12-4-3-5-13(18)8-12)21(2)16-14(19)6-11(9-17)7-15(16)20/h3-8,10H,9H2,1-2H3. The average molecular weight is 330 g/mol. The number of nitrogens with zero attached hydrogens (tertiary/aromatic N) is 1. The van der Waals surface area contributed by atoms with Crippen LogP contribution in [0.1, 0.15) is 24.1 Å². The summed E-state index contributed by atoms with van der Waals surface area (Å²) in [5.74, 6) is -1.18. The topological polar surface area (TPSA) is 3.24 Å². The molecule has 2 rings (SSSR count). The zero-order chi connectivity index (χ0) is 15.6. The van der Waals surface area contributed by atoms with E-state index in [1.54, 1.807) is 24.1 Å². The van der Waals surface area contributed by atoms with E-state index in [2.05, 4.69) is 0 Å². The van der Waals surface area contributed by atoms with E-state index >= 15 is 0 Å². The van der Waals surface area contributed by atoms with Gasteiger partial charge in [-0.3, -0.25) is 0 Å². The van der Waals surface area contributed by atoms with Gasteiger partial charge in [-0.15, -0.1) is 11.6 Å². The Bertz CT molecular complexity index is 623. The Labute approximate surface area is 133 Å². The molecule has 0 radical (unpaired) electrons. The highest BCUT2D eigenvalue weighted by molar-refractivity contribution is 6.30. The molecular formula is C16H15Cl2F2N. The first-order valence-corrected chi connectivity index (χ1v) is 7.37. The van der Waals surface area contributed by atoms with Crippen molar-refractivity contribution >= 4 is 28.9 Å². The third kappa shape index (κ3) is 3.47. The van der Waals surface area contributed by atoms with Crippen molar-refractivity contribution in [2.45, 2.75) is 18.8 Å². The van der Waals surface area contributed by atoms with E-state index in [-0.39, 0.29) is 17.6 Å². The summed E-state index contributed by atoms with van der Waals surface area (Å²) in [6, 6.07) is 9.51. The Morgan fingerprint density at radius 1 is 1.14 bits per heavy atom. The molecule has 2 aromatic rings. The Balaban J connectivity index is 2.38. The van der Waals surface area contributed by atoms with Crippen LogP contribution in [0.25, 0.3) is 0 Å². The normalized spacial score (nSPS) is 12.3. The molecule has 0 saturated heterocycles. The second kappa shape index (κ2) is 6.63. The number of hydrogen-bond acceptors (Lipinski definition) is 1. The van der Waals surface area contributed by atoms with Gasteiger partial charge in [0.05, 0.1) is 6.04 Å². The van der Waals surface area contributed by atoms with Crippen LogP contribution >= 0.6 is 23.2 Å². The molecule has 1 unspecified atom stereocenters. The van der Waals surface area contributed by atoms with Gasteiger partial charge in [-0.1, -0.05) is 23.7 Å². The second-order valence-corrected chi connectivity index (χ2v) is 5.59. The minimum absolute atomic E-state index is 0.0711. The van der Waals surface area contributed by atoms with Gasteiger partial charge in [0.2, 0.25) is 0 Å². The Hall–Kier alpha value is -1.32. The number of rotatable bonds is 4. The molecule has 0 spiro atoms. The summed E-state index contributed by atoms with van der Waals surface area (Å²) >= 11 is 11.6. The first-order chi connectivity index (χ1) is 9.93. The van der Waals surface area contributed by atoms with Gasteiger partial charge < -0.3 is 4.90 Å². The van der Waals surface area contributed by atoms with Gasteiger partial charge in [-0.2, -0.15) is 0 Å². The molecule has 0 aliphatic rings. The lowest BCUT2D eigenvalue weighted by atomic mass is 10.1. The molecule has 0 aliphatic carbocycles. The summed E-state index contributed by atoms with van der Waals surface area (Å²) in [4.78, 5) is 1.55. The van der Waals surface area contributed by atoms with E-state index in [4.69, 9.17) is 23.2 Å². The number of halogens is 4. The van der Waals surface area contributed by atoms with Gasteiger partial charge in [-0.25, -0.2) is 8.78 Å². The summed E-state index contributed by atoms with van der Waals surface area (Å²) in [7, 11) is 1.65. The quantitative estimate of drug-likeness (QED) is 0.664. The van der Waals surface area contributed by atoms with E-state index in [0.29, 0.717) is 10.6 Å². The molecule has 112 valence electrons. The van der Waals surface area contributed by atoms with E-state index < -0.39 is 11.6 Å². The first-order valence-electron chi connectivity index (χ1n) is 6.46. The van der Waals surface area contributed by atoms with Crippen molar-refractivity contribution in [3.63, 3.8) is 0 Å². The molecule has 0 aromatic heterocycles. The third-order valence-corrected chi connectivity index (χ3v) is 4.04. The van der Waals surface area contributed by atoms with Crippen molar-refractivity contribution in [2.24, 2.45) is 0 Å². The molecule has 0 heterocycles. The molecule has 1 nitrogen and oxygen atoms in total. The maximum Gasteiger partial charge on any atom is 0.149 e. The minimum atomic E-state index is -0.623. The molecule has 1 atom stereocenters. The van der Waals surface area contributed by atoms with E-state index in [9.17, 15) is 8.78 Å². The Morgan fingerprint density at radius 3 is 2.29 bits per heavy atom. The molecule has 5 heteroatoms. The minimum Gasteiger partial charge on any atom is -0.363 e. The van der Waals surface area contributed by atoms with Crippen LogP contribution in [0, 0.1) is 11.6 Å². The SMILES string of the molecule is CC(c1cccc(Cl)c1)N(C)c1c(F)cc(CCl)cc1F. The van der Waals surface area contributed by atoms with Crippen molar-refractivity contribution in [3.05, 3.63) is 64.2 Å². The van der Waals surface area contributed by atoms with Crippen molar-refractivity contribution < 1.29 is 8.78 Å². The zero-order valence-electron chi connectivity index (χ0n) is 11.7. The summed E-state index contributed by atoms with van der Waals surface area (Å²) in [6.45, 7) is 1.86. The number of benzene rings is 2. The predicted octanol–water partition coefficient (Wildman–Crippen LogP) is 5.55. The fourth-order valence-corrected chi connectivity index (χ4v) is 2.57. The summed E-state index contributed by atoms with van der Waals surface area (Å²) < 4.78 is 28.3. The molecule has 0 aliphatic heterocycles. The zero-order valence-corrected chi connectivity index (χ0v) is 13.2. The largest absolute Gasteiger partial charge is 0.363 e. The third-order valence-electron chi connectivity index (χ3n) is 3.50. The lowest BCUT2D eigenvalue weighted by Crippen LogP contribution is -2.24. The monoisotopic (exact) mass is 329 g/mol. The van der Waals surface area contributed by atoms with E-state index in [1.807, 2.05) is 19.1 Å². The van der Waals surface area contributed by atoms with Crippen LogP contribution in [0.15, 0.2) is 36.4 Å². The maximum absolute atomic E-state index is 14.1. The number of alkyl halides is 1. The fraction of sp³-hybridized carbons (Fsp3) is 0.250. The van der Waals surface area contributed by atoms with Gasteiger partial charge >= 0.3 is 0 Å². The van der Waals surface area contributed by atoms with E-state index in [0.717, 1.165) is 5.56 Å². The lowest BCUT2D eigenvalue weighted by molar-refractivity contribution is 0.563.